The van der Waals surface area contributed by atoms with Crippen LogP contribution in [0, 0.1) is 12.7 Å². The smallest absolute Gasteiger partial charge is 0.475 e. The Morgan fingerprint density at radius 1 is 1.13 bits per heavy atom. The fourth-order valence-corrected chi connectivity index (χ4v) is 4.37. The summed E-state index contributed by atoms with van der Waals surface area (Å²) in [5.41, 5.74) is 2.96. The molecule has 2 bridgehead atoms. The molecule has 1 aliphatic carbocycles. The van der Waals surface area contributed by atoms with E-state index in [2.05, 4.69) is 14.9 Å². The number of thiazole rings is 1. The van der Waals surface area contributed by atoms with Crippen LogP contribution in [0.1, 0.15) is 23.4 Å². The molecule has 2 aromatic rings. The molecule has 0 radical (unpaired) electrons. The van der Waals surface area contributed by atoms with Gasteiger partial charge in [-0.05, 0) is 31.9 Å². The number of hydrogen-bond acceptors (Lipinski definition) is 8. The first-order valence-corrected chi connectivity index (χ1v) is 11.6. The molecule has 2 aromatic heterocycles. The number of halogens is 7. The zero-order valence-electron chi connectivity index (χ0n) is 19.5. The van der Waals surface area contributed by atoms with Gasteiger partial charge in [-0.1, -0.05) is 0 Å². The summed E-state index contributed by atoms with van der Waals surface area (Å²) >= 11 is 1.68. The number of fused-ring (bicyclic) bond motifs is 2. The van der Waals surface area contributed by atoms with Crippen molar-refractivity contribution in [2.75, 3.05) is 13.2 Å². The zero-order chi connectivity index (χ0) is 28.7. The van der Waals surface area contributed by atoms with E-state index in [1.807, 2.05) is 12.4 Å². The summed E-state index contributed by atoms with van der Waals surface area (Å²) in [4.78, 5) is 29.8. The first-order chi connectivity index (χ1) is 17.6. The van der Waals surface area contributed by atoms with E-state index in [0.717, 1.165) is 31.6 Å². The minimum atomic E-state index is -5.08. The van der Waals surface area contributed by atoms with Crippen LogP contribution >= 0.6 is 11.3 Å². The highest BCUT2D eigenvalue weighted by Gasteiger charge is 2.44. The van der Waals surface area contributed by atoms with Crippen LogP contribution in [-0.4, -0.2) is 80.8 Å². The van der Waals surface area contributed by atoms with Crippen molar-refractivity contribution in [2.24, 2.45) is 0 Å². The van der Waals surface area contributed by atoms with Gasteiger partial charge in [-0.2, -0.15) is 26.3 Å². The van der Waals surface area contributed by atoms with Crippen molar-refractivity contribution >= 4 is 23.3 Å². The fraction of sp³-hybridized carbons (Fsp3) is 0.524. The normalized spacial score (nSPS) is 21.3. The third kappa shape index (κ3) is 9.05. The molecule has 2 fully saturated rings. The quantitative estimate of drug-likeness (QED) is 0.518. The molecule has 0 amide bonds. The number of alkyl halides is 6. The lowest BCUT2D eigenvalue weighted by molar-refractivity contribution is -0.193. The molecule has 2 aliphatic rings. The average molecular weight is 577 g/mol. The maximum atomic E-state index is 13.9. The number of aromatic nitrogens is 2. The molecule has 3 atom stereocenters. The van der Waals surface area contributed by atoms with Gasteiger partial charge in [0, 0.05) is 30.2 Å². The average Bonchev–Trinajstić information content (AvgIpc) is 3.34. The molecular formula is C21H22F7N3O6S. The Morgan fingerprint density at radius 2 is 1.74 bits per heavy atom. The van der Waals surface area contributed by atoms with Gasteiger partial charge in [0.1, 0.15) is 6.10 Å². The van der Waals surface area contributed by atoms with E-state index in [-0.39, 0.29) is 24.1 Å². The number of carboxylic acids is 2. The Labute approximate surface area is 214 Å². The van der Waals surface area contributed by atoms with E-state index in [4.69, 9.17) is 29.3 Å². The molecule has 0 spiro atoms. The van der Waals surface area contributed by atoms with Crippen LogP contribution < -0.4 is 4.74 Å². The number of rotatable bonds is 4. The molecule has 3 unspecified atom stereocenters. The molecular weight excluding hydrogens is 555 g/mol. The number of ether oxygens (including phenoxy) is 2. The number of nitrogens with zero attached hydrogens (tertiary/aromatic N) is 3. The van der Waals surface area contributed by atoms with Gasteiger partial charge in [-0.3, -0.25) is 4.90 Å². The van der Waals surface area contributed by atoms with Gasteiger partial charge < -0.3 is 19.7 Å². The van der Waals surface area contributed by atoms with Crippen molar-refractivity contribution in [3.63, 3.8) is 0 Å². The van der Waals surface area contributed by atoms with Crippen LogP contribution in [0.2, 0.25) is 0 Å². The molecule has 17 heteroatoms. The van der Waals surface area contributed by atoms with Gasteiger partial charge in [0.2, 0.25) is 0 Å². The Morgan fingerprint density at radius 3 is 2.24 bits per heavy atom. The van der Waals surface area contributed by atoms with Crippen LogP contribution in [0.4, 0.5) is 30.7 Å². The van der Waals surface area contributed by atoms with Gasteiger partial charge in [-0.25, -0.2) is 23.9 Å². The summed E-state index contributed by atoms with van der Waals surface area (Å²) in [7, 11) is 0. The molecule has 9 nitrogen and oxygen atoms in total. The van der Waals surface area contributed by atoms with Crippen molar-refractivity contribution in [1.29, 1.82) is 0 Å². The Kier molecular flexibility index (Phi) is 10.8. The van der Waals surface area contributed by atoms with Crippen molar-refractivity contribution in [2.45, 2.75) is 56.9 Å². The number of pyridine rings is 1. The van der Waals surface area contributed by atoms with Crippen LogP contribution in [0.15, 0.2) is 23.8 Å². The van der Waals surface area contributed by atoms with Crippen LogP contribution in [0.3, 0.4) is 0 Å². The van der Waals surface area contributed by atoms with Crippen molar-refractivity contribution in [3.05, 3.63) is 40.2 Å². The second-order valence-electron chi connectivity index (χ2n) is 7.86. The topological polar surface area (TPSA) is 122 Å². The van der Waals surface area contributed by atoms with Crippen LogP contribution in [0.25, 0.3) is 0 Å². The predicted molar refractivity (Wildman–Crippen MR) is 116 cm³/mol. The Hall–Kier alpha value is -3.05. The second-order valence-corrected chi connectivity index (χ2v) is 8.80. The number of aryl methyl sites for hydroxylation is 1. The van der Waals surface area contributed by atoms with E-state index in [1.165, 1.54) is 10.9 Å². The third-order valence-corrected chi connectivity index (χ3v) is 6.24. The Bertz CT molecular complexity index is 1060. The molecule has 4 rings (SSSR count). The molecule has 212 valence electrons. The highest BCUT2D eigenvalue weighted by molar-refractivity contribution is 7.09. The number of carbonyl (C=O) groups is 2. The molecule has 2 N–H and O–H groups in total. The molecule has 1 saturated heterocycles. The summed E-state index contributed by atoms with van der Waals surface area (Å²) in [6, 6.07) is 3.15. The molecule has 1 saturated carbocycles. The van der Waals surface area contributed by atoms with Gasteiger partial charge in [0.15, 0.2) is 5.82 Å². The van der Waals surface area contributed by atoms with Crippen LogP contribution in [0.5, 0.6) is 5.88 Å². The predicted octanol–water partition coefficient (Wildman–Crippen LogP) is 4.06. The highest BCUT2D eigenvalue weighted by Crippen LogP contribution is 2.34. The van der Waals surface area contributed by atoms with Crippen molar-refractivity contribution < 1.29 is 60.0 Å². The summed E-state index contributed by atoms with van der Waals surface area (Å²) in [5, 5.41) is 14.2. The lowest BCUT2D eigenvalue weighted by Crippen LogP contribution is -2.44. The van der Waals surface area contributed by atoms with E-state index in [9.17, 15) is 30.7 Å². The minimum absolute atomic E-state index is 0.00367. The van der Waals surface area contributed by atoms with Crippen molar-refractivity contribution in [3.8, 4) is 5.88 Å². The summed E-state index contributed by atoms with van der Waals surface area (Å²) < 4.78 is 89.3. The molecule has 3 heterocycles. The standard InChI is InChI=1S/C17H20FN3O2S.2C2HF3O2/c1-11-15(24-10-20-11)9-21-7-8-22-14-5-4-13(21)16(14)23-17-12(18)3-2-6-19-17;2*3-2(4,5)1(6)7/h2-3,6,10,13-14,16H,4-5,7-9H2,1H3;2*(H,6,7). The van der Waals surface area contributed by atoms with E-state index < -0.39 is 30.1 Å². The first-order valence-electron chi connectivity index (χ1n) is 10.7. The first kappa shape index (κ1) is 31.2. The number of carboxylic acid groups (broad SMARTS) is 2. The maximum absolute atomic E-state index is 13.9. The van der Waals surface area contributed by atoms with Crippen LogP contribution in [-0.2, 0) is 20.9 Å². The monoisotopic (exact) mass is 577 g/mol. The largest absolute Gasteiger partial charge is 0.490 e. The molecule has 0 aromatic carbocycles. The van der Waals surface area contributed by atoms with E-state index in [0.29, 0.717) is 6.61 Å². The number of hydrogen-bond donors (Lipinski definition) is 2. The second kappa shape index (κ2) is 13.1. The van der Waals surface area contributed by atoms with Gasteiger partial charge >= 0.3 is 24.3 Å². The lowest BCUT2D eigenvalue weighted by Gasteiger charge is -2.30. The summed E-state index contributed by atoms with van der Waals surface area (Å²) in [6.07, 6.45) is -6.88. The van der Waals surface area contributed by atoms with Crippen molar-refractivity contribution in [1.82, 2.24) is 14.9 Å². The van der Waals surface area contributed by atoms with Gasteiger partial charge in [0.25, 0.3) is 5.88 Å². The van der Waals surface area contributed by atoms with E-state index >= 15 is 0 Å². The summed E-state index contributed by atoms with van der Waals surface area (Å²) in [5.74, 6) is -5.87. The lowest BCUT2D eigenvalue weighted by atomic mass is 10.1. The Balaban J connectivity index is 0.000000301. The minimum Gasteiger partial charge on any atom is -0.475 e. The third-order valence-electron chi connectivity index (χ3n) is 5.32. The highest BCUT2D eigenvalue weighted by atomic mass is 32.1. The zero-order valence-corrected chi connectivity index (χ0v) is 20.3. The van der Waals surface area contributed by atoms with Gasteiger partial charge in [-0.15, -0.1) is 11.3 Å². The fourth-order valence-electron chi connectivity index (χ4n) is 3.57. The summed E-state index contributed by atoms with van der Waals surface area (Å²) in [6.45, 7) is 4.39. The molecule has 38 heavy (non-hydrogen) atoms. The maximum Gasteiger partial charge on any atom is 0.490 e. The van der Waals surface area contributed by atoms with E-state index in [1.54, 1.807) is 23.6 Å². The van der Waals surface area contributed by atoms with Gasteiger partial charge in [0.05, 0.1) is 23.9 Å². The number of aliphatic carboxylic acids is 2. The molecule has 1 aliphatic heterocycles. The SMILES string of the molecule is Cc1ncsc1CN1CCOC2CCC1C2Oc1ncccc1F.O=C(O)C(F)(F)F.O=C(O)C(F)(F)F.